The summed E-state index contributed by atoms with van der Waals surface area (Å²) in [4.78, 5) is 14.6. The SMILES string of the molecule is Cc1ccc(Cn2nc(C)c(C(=O)N(C)Cc3cccc(C#N)c3)c2Cl)cc1. The Balaban J connectivity index is 1.80. The van der Waals surface area contributed by atoms with Crippen LogP contribution in [0.15, 0.2) is 48.5 Å². The van der Waals surface area contributed by atoms with Gasteiger partial charge in [0.25, 0.3) is 5.91 Å². The fraction of sp³-hybridized carbons (Fsp3) is 0.227. The number of aromatic nitrogens is 2. The standard InChI is InChI=1S/C22H21ClN4O/c1-15-7-9-17(10-8-15)14-27-21(23)20(16(2)25-27)22(28)26(3)13-19-6-4-5-18(11-19)12-24/h4-11H,13-14H2,1-3H3. The van der Waals surface area contributed by atoms with E-state index in [2.05, 4.69) is 11.2 Å². The molecule has 0 saturated heterocycles. The lowest BCUT2D eigenvalue weighted by Crippen LogP contribution is -2.26. The minimum absolute atomic E-state index is 0.194. The summed E-state index contributed by atoms with van der Waals surface area (Å²) >= 11 is 6.51. The number of amides is 1. The minimum Gasteiger partial charge on any atom is -0.337 e. The highest BCUT2D eigenvalue weighted by atomic mass is 35.5. The second kappa shape index (κ2) is 8.28. The molecule has 0 unspecified atom stereocenters. The van der Waals surface area contributed by atoms with Crippen molar-refractivity contribution in [2.45, 2.75) is 26.9 Å². The van der Waals surface area contributed by atoms with Gasteiger partial charge in [0.05, 0.1) is 29.4 Å². The fourth-order valence-electron chi connectivity index (χ4n) is 3.04. The summed E-state index contributed by atoms with van der Waals surface area (Å²) < 4.78 is 1.65. The molecule has 6 heteroatoms. The zero-order chi connectivity index (χ0) is 20.3. The lowest BCUT2D eigenvalue weighted by atomic mass is 10.1. The van der Waals surface area contributed by atoms with Crippen LogP contribution in [-0.4, -0.2) is 27.6 Å². The van der Waals surface area contributed by atoms with Crippen LogP contribution < -0.4 is 0 Å². The van der Waals surface area contributed by atoms with Crippen molar-refractivity contribution in [3.8, 4) is 6.07 Å². The van der Waals surface area contributed by atoms with Gasteiger partial charge in [-0.15, -0.1) is 0 Å². The summed E-state index contributed by atoms with van der Waals surface area (Å²) in [5.41, 5.74) is 4.71. The molecule has 0 spiro atoms. The molecule has 0 aliphatic carbocycles. The predicted octanol–water partition coefficient (Wildman–Crippen LogP) is 4.35. The Morgan fingerprint density at radius 1 is 1.18 bits per heavy atom. The lowest BCUT2D eigenvalue weighted by Gasteiger charge is -2.17. The van der Waals surface area contributed by atoms with Crippen molar-refractivity contribution in [2.75, 3.05) is 7.05 Å². The van der Waals surface area contributed by atoms with Crippen molar-refractivity contribution in [3.05, 3.63) is 87.2 Å². The van der Waals surface area contributed by atoms with E-state index >= 15 is 0 Å². The summed E-state index contributed by atoms with van der Waals surface area (Å²) in [6.07, 6.45) is 0. The van der Waals surface area contributed by atoms with Crippen molar-refractivity contribution in [2.24, 2.45) is 0 Å². The van der Waals surface area contributed by atoms with Crippen LogP contribution in [0.2, 0.25) is 5.15 Å². The third kappa shape index (κ3) is 4.24. The molecule has 2 aromatic carbocycles. The molecule has 142 valence electrons. The molecule has 0 saturated carbocycles. The molecule has 0 N–H and O–H groups in total. The average molecular weight is 393 g/mol. The first-order chi connectivity index (χ1) is 13.4. The lowest BCUT2D eigenvalue weighted by molar-refractivity contribution is 0.0784. The van der Waals surface area contributed by atoms with Gasteiger partial charge in [0.2, 0.25) is 0 Å². The third-order valence-electron chi connectivity index (χ3n) is 4.55. The Hall–Kier alpha value is -3.10. The summed E-state index contributed by atoms with van der Waals surface area (Å²) in [5.74, 6) is -0.194. The van der Waals surface area contributed by atoms with E-state index in [-0.39, 0.29) is 5.91 Å². The molecule has 0 fully saturated rings. The summed E-state index contributed by atoms with van der Waals surface area (Å²) in [6.45, 7) is 4.71. The van der Waals surface area contributed by atoms with Gasteiger partial charge in [-0.1, -0.05) is 53.6 Å². The molecule has 3 rings (SSSR count). The van der Waals surface area contributed by atoms with Gasteiger partial charge in [-0.2, -0.15) is 10.4 Å². The Bertz CT molecular complexity index is 1050. The van der Waals surface area contributed by atoms with Crippen LogP contribution in [-0.2, 0) is 13.1 Å². The molecule has 0 atom stereocenters. The Morgan fingerprint density at radius 3 is 2.57 bits per heavy atom. The minimum atomic E-state index is -0.194. The predicted molar refractivity (Wildman–Crippen MR) is 109 cm³/mol. The first kappa shape index (κ1) is 19.7. The molecular formula is C22H21ClN4O. The van der Waals surface area contributed by atoms with Crippen LogP contribution >= 0.6 is 11.6 Å². The number of rotatable bonds is 5. The maximum absolute atomic E-state index is 13.0. The van der Waals surface area contributed by atoms with Gasteiger partial charge < -0.3 is 4.90 Å². The Labute approximate surface area is 169 Å². The number of hydrogen-bond acceptors (Lipinski definition) is 3. The van der Waals surface area contributed by atoms with Gasteiger partial charge in [-0.3, -0.25) is 4.79 Å². The normalized spacial score (nSPS) is 10.5. The van der Waals surface area contributed by atoms with E-state index in [1.807, 2.05) is 43.3 Å². The van der Waals surface area contributed by atoms with Crippen molar-refractivity contribution >= 4 is 17.5 Å². The van der Waals surface area contributed by atoms with Crippen molar-refractivity contribution in [3.63, 3.8) is 0 Å². The van der Waals surface area contributed by atoms with Gasteiger partial charge in [0, 0.05) is 13.6 Å². The Morgan fingerprint density at radius 2 is 1.89 bits per heavy atom. The van der Waals surface area contributed by atoms with Gasteiger partial charge in [-0.25, -0.2) is 4.68 Å². The maximum Gasteiger partial charge on any atom is 0.258 e. The molecule has 3 aromatic rings. The fourth-order valence-corrected chi connectivity index (χ4v) is 3.36. The van der Waals surface area contributed by atoms with E-state index in [1.165, 1.54) is 5.56 Å². The van der Waals surface area contributed by atoms with Crippen LogP contribution in [0.3, 0.4) is 0 Å². The molecule has 1 aromatic heterocycles. The monoisotopic (exact) mass is 392 g/mol. The molecule has 1 heterocycles. The highest BCUT2D eigenvalue weighted by molar-refractivity contribution is 6.33. The van der Waals surface area contributed by atoms with E-state index in [0.29, 0.717) is 35.1 Å². The largest absolute Gasteiger partial charge is 0.337 e. The van der Waals surface area contributed by atoms with Crippen LogP contribution in [0.5, 0.6) is 0 Å². The Kier molecular flexibility index (Phi) is 5.81. The van der Waals surface area contributed by atoms with E-state index in [0.717, 1.165) is 11.1 Å². The zero-order valence-electron chi connectivity index (χ0n) is 16.1. The first-order valence-electron chi connectivity index (χ1n) is 8.92. The molecule has 1 amide bonds. The molecule has 0 aliphatic rings. The molecule has 0 aliphatic heterocycles. The van der Waals surface area contributed by atoms with E-state index in [1.54, 1.807) is 35.7 Å². The number of carbonyl (C=O) groups excluding carboxylic acids is 1. The van der Waals surface area contributed by atoms with Gasteiger partial charge >= 0.3 is 0 Å². The molecule has 5 nitrogen and oxygen atoms in total. The van der Waals surface area contributed by atoms with Gasteiger partial charge in [0.1, 0.15) is 5.15 Å². The van der Waals surface area contributed by atoms with Gasteiger partial charge in [0.15, 0.2) is 0 Å². The quantitative estimate of drug-likeness (QED) is 0.648. The first-order valence-corrected chi connectivity index (χ1v) is 9.30. The van der Waals surface area contributed by atoms with Crippen molar-refractivity contribution in [1.82, 2.24) is 14.7 Å². The van der Waals surface area contributed by atoms with Crippen molar-refractivity contribution < 1.29 is 4.79 Å². The van der Waals surface area contributed by atoms with E-state index in [4.69, 9.17) is 16.9 Å². The van der Waals surface area contributed by atoms with Crippen molar-refractivity contribution in [1.29, 1.82) is 5.26 Å². The molecule has 28 heavy (non-hydrogen) atoms. The van der Waals surface area contributed by atoms with E-state index < -0.39 is 0 Å². The van der Waals surface area contributed by atoms with Crippen LogP contribution in [0, 0.1) is 25.2 Å². The molecular weight excluding hydrogens is 372 g/mol. The summed E-state index contributed by atoms with van der Waals surface area (Å²) in [5, 5.41) is 13.8. The highest BCUT2D eigenvalue weighted by Gasteiger charge is 2.23. The molecule has 0 radical (unpaired) electrons. The number of halogens is 1. The van der Waals surface area contributed by atoms with Gasteiger partial charge in [-0.05, 0) is 37.1 Å². The second-order valence-electron chi connectivity index (χ2n) is 6.87. The van der Waals surface area contributed by atoms with Crippen LogP contribution in [0.1, 0.15) is 38.3 Å². The number of nitrogens with zero attached hydrogens (tertiary/aromatic N) is 4. The number of benzene rings is 2. The maximum atomic E-state index is 13.0. The average Bonchev–Trinajstić information content (AvgIpc) is 2.96. The van der Waals surface area contributed by atoms with E-state index in [9.17, 15) is 4.79 Å². The number of nitriles is 1. The summed E-state index contributed by atoms with van der Waals surface area (Å²) in [7, 11) is 1.72. The second-order valence-corrected chi connectivity index (χ2v) is 7.23. The number of carbonyl (C=O) groups is 1. The third-order valence-corrected chi connectivity index (χ3v) is 4.94. The van der Waals surface area contributed by atoms with Crippen LogP contribution in [0.4, 0.5) is 0 Å². The topological polar surface area (TPSA) is 61.9 Å². The number of hydrogen-bond donors (Lipinski definition) is 0. The zero-order valence-corrected chi connectivity index (χ0v) is 16.9. The summed E-state index contributed by atoms with van der Waals surface area (Å²) in [6, 6.07) is 17.5. The number of aryl methyl sites for hydroxylation is 2. The van der Waals surface area contributed by atoms with Crippen LogP contribution in [0.25, 0.3) is 0 Å². The smallest absolute Gasteiger partial charge is 0.258 e. The molecule has 0 bridgehead atoms. The highest BCUT2D eigenvalue weighted by Crippen LogP contribution is 2.23.